The molecule has 0 bridgehead atoms. The van der Waals surface area contributed by atoms with Gasteiger partial charge in [0, 0.05) is 18.7 Å². The fraction of sp³-hybridized carbons (Fsp3) is 0.364. The van der Waals surface area contributed by atoms with E-state index in [-0.39, 0.29) is 0 Å². The summed E-state index contributed by atoms with van der Waals surface area (Å²) in [5.74, 6) is 2.11. The van der Waals surface area contributed by atoms with E-state index in [0.29, 0.717) is 11.7 Å². The summed E-state index contributed by atoms with van der Waals surface area (Å²) in [5.41, 5.74) is 0.816. The van der Waals surface area contributed by atoms with Crippen LogP contribution in [-0.2, 0) is 0 Å². The van der Waals surface area contributed by atoms with Gasteiger partial charge in [-0.15, -0.1) is 0 Å². The van der Waals surface area contributed by atoms with E-state index in [9.17, 15) is 0 Å². The fourth-order valence-electron chi connectivity index (χ4n) is 1.95. The normalized spacial score (nSPS) is 20.1. The Morgan fingerprint density at radius 2 is 2.31 bits per heavy atom. The lowest BCUT2D eigenvalue weighted by Crippen LogP contribution is -2.08. The molecule has 3 heterocycles. The smallest absolute Gasteiger partial charge is 0.199 e. The number of nitrogens with one attached hydrogen (secondary N) is 2. The molecule has 3 rings (SSSR count). The van der Waals surface area contributed by atoms with Gasteiger partial charge < -0.3 is 5.32 Å². The first kappa shape index (κ1) is 9.47. The molecule has 5 heteroatoms. The van der Waals surface area contributed by atoms with Crippen LogP contribution in [0.2, 0.25) is 0 Å². The number of hydrogen-bond donors (Lipinski definition) is 2. The van der Waals surface area contributed by atoms with Crippen molar-refractivity contribution in [1.82, 2.24) is 25.5 Å². The van der Waals surface area contributed by atoms with Crippen molar-refractivity contribution >= 4 is 0 Å². The van der Waals surface area contributed by atoms with Crippen molar-refractivity contribution in [2.45, 2.75) is 12.3 Å². The predicted octanol–water partition coefficient (Wildman–Crippen LogP) is 0.944. The van der Waals surface area contributed by atoms with Crippen LogP contribution in [-0.4, -0.2) is 33.3 Å². The molecular formula is C11H13N5. The highest BCUT2D eigenvalue weighted by Crippen LogP contribution is 2.20. The van der Waals surface area contributed by atoms with Crippen LogP contribution in [0.3, 0.4) is 0 Å². The molecule has 1 aliphatic rings. The Hall–Kier alpha value is -1.75. The Bertz CT molecular complexity index is 458. The van der Waals surface area contributed by atoms with Gasteiger partial charge in [-0.25, -0.2) is 4.98 Å². The summed E-state index contributed by atoms with van der Waals surface area (Å²) in [6.45, 7) is 2.04. The molecule has 0 saturated carbocycles. The van der Waals surface area contributed by atoms with Crippen molar-refractivity contribution in [3.63, 3.8) is 0 Å². The summed E-state index contributed by atoms with van der Waals surface area (Å²) < 4.78 is 0. The molecule has 0 aromatic carbocycles. The second-order valence-electron chi connectivity index (χ2n) is 3.95. The Morgan fingerprint density at radius 1 is 1.31 bits per heavy atom. The summed E-state index contributed by atoms with van der Waals surface area (Å²) in [5, 5.41) is 10.5. The molecule has 1 atom stereocenters. The van der Waals surface area contributed by atoms with Crippen LogP contribution < -0.4 is 5.32 Å². The van der Waals surface area contributed by atoms with E-state index < -0.39 is 0 Å². The third kappa shape index (κ3) is 1.69. The summed E-state index contributed by atoms with van der Waals surface area (Å²) in [6.07, 6.45) is 2.87. The van der Waals surface area contributed by atoms with Crippen LogP contribution >= 0.6 is 0 Å². The zero-order valence-electron chi connectivity index (χ0n) is 8.85. The lowest BCUT2D eigenvalue weighted by atomic mass is 10.1. The predicted molar refractivity (Wildman–Crippen MR) is 59.8 cm³/mol. The highest BCUT2D eigenvalue weighted by atomic mass is 15.2. The molecule has 2 N–H and O–H groups in total. The van der Waals surface area contributed by atoms with Gasteiger partial charge >= 0.3 is 0 Å². The minimum absolute atomic E-state index is 0.463. The van der Waals surface area contributed by atoms with Gasteiger partial charge in [0.2, 0.25) is 0 Å². The number of hydrogen-bond acceptors (Lipinski definition) is 4. The van der Waals surface area contributed by atoms with E-state index in [2.05, 4.69) is 25.5 Å². The quantitative estimate of drug-likeness (QED) is 0.782. The van der Waals surface area contributed by atoms with Gasteiger partial charge in [0.25, 0.3) is 0 Å². The maximum Gasteiger partial charge on any atom is 0.199 e. The van der Waals surface area contributed by atoms with Crippen LogP contribution in [0.15, 0.2) is 24.4 Å². The Labute approximate surface area is 93.3 Å². The molecule has 0 amide bonds. The van der Waals surface area contributed by atoms with Crippen molar-refractivity contribution < 1.29 is 0 Å². The minimum atomic E-state index is 0.463. The van der Waals surface area contributed by atoms with Gasteiger partial charge in [0.1, 0.15) is 11.5 Å². The standard InChI is InChI=1S/C11H13N5/c1-2-5-13-9(3-1)11-14-10(15-16-11)8-4-6-12-7-8/h1-3,5,8,12H,4,6-7H2,(H,14,15,16). The van der Waals surface area contributed by atoms with Crippen LogP contribution in [0.25, 0.3) is 11.5 Å². The van der Waals surface area contributed by atoms with Crippen LogP contribution in [0.5, 0.6) is 0 Å². The van der Waals surface area contributed by atoms with E-state index in [4.69, 9.17) is 0 Å². The lowest BCUT2D eigenvalue weighted by Gasteiger charge is -2.00. The maximum absolute atomic E-state index is 4.49. The highest BCUT2D eigenvalue weighted by Gasteiger charge is 2.20. The molecule has 1 saturated heterocycles. The van der Waals surface area contributed by atoms with Crippen molar-refractivity contribution in [3.05, 3.63) is 30.2 Å². The molecule has 1 unspecified atom stereocenters. The van der Waals surface area contributed by atoms with Crippen molar-refractivity contribution in [2.75, 3.05) is 13.1 Å². The summed E-state index contributed by atoms with van der Waals surface area (Å²) in [4.78, 5) is 8.72. The van der Waals surface area contributed by atoms with E-state index >= 15 is 0 Å². The number of nitrogens with zero attached hydrogens (tertiary/aromatic N) is 3. The molecular weight excluding hydrogens is 202 g/mol. The number of pyridine rings is 1. The van der Waals surface area contributed by atoms with Crippen molar-refractivity contribution in [2.24, 2.45) is 0 Å². The zero-order chi connectivity index (χ0) is 10.8. The Morgan fingerprint density at radius 3 is 3.06 bits per heavy atom. The van der Waals surface area contributed by atoms with E-state index in [0.717, 1.165) is 31.0 Å². The highest BCUT2D eigenvalue weighted by molar-refractivity contribution is 5.47. The molecule has 1 aliphatic heterocycles. The summed E-state index contributed by atoms with van der Waals surface area (Å²) in [7, 11) is 0. The SMILES string of the molecule is c1ccc(-c2n[nH]c(C3CCNC3)n2)nc1. The van der Waals surface area contributed by atoms with Gasteiger partial charge in [0.15, 0.2) is 5.82 Å². The molecule has 82 valence electrons. The van der Waals surface area contributed by atoms with Gasteiger partial charge in [0.05, 0.1) is 0 Å². The van der Waals surface area contributed by atoms with Gasteiger partial charge in [-0.3, -0.25) is 10.1 Å². The molecule has 0 radical (unpaired) electrons. The number of H-pyrrole nitrogens is 1. The monoisotopic (exact) mass is 215 g/mol. The molecule has 16 heavy (non-hydrogen) atoms. The Balaban J connectivity index is 1.87. The summed E-state index contributed by atoms with van der Waals surface area (Å²) >= 11 is 0. The minimum Gasteiger partial charge on any atom is -0.316 e. The molecule has 2 aromatic rings. The number of rotatable bonds is 2. The van der Waals surface area contributed by atoms with E-state index in [1.807, 2.05) is 18.2 Å². The van der Waals surface area contributed by atoms with E-state index in [1.54, 1.807) is 6.20 Å². The third-order valence-corrected chi connectivity index (χ3v) is 2.84. The summed E-state index contributed by atoms with van der Waals surface area (Å²) in [6, 6.07) is 5.74. The largest absolute Gasteiger partial charge is 0.316 e. The topological polar surface area (TPSA) is 66.5 Å². The average Bonchev–Trinajstić information content (AvgIpc) is 3.01. The zero-order valence-corrected chi connectivity index (χ0v) is 8.85. The Kier molecular flexibility index (Phi) is 2.38. The van der Waals surface area contributed by atoms with Crippen LogP contribution in [0.1, 0.15) is 18.2 Å². The lowest BCUT2D eigenvalue weighted by molar-refractivity contribution is 0.706. The molecule has 1 fully saturated rings. The van der Waals surface area contributed by atoms with Crippen molar-refractivity contribution in [3.8, 4) is 11.5 Å². The molecule has 0 spiro atoms. The van der Waals surface area contributed by atoms with E-state index in [1.165, 1.54) is 0 Å². The maximum atomic E-state index is 4.49. The first-order valence-corrected chi connectivity index (χ1v) is 5.48. The van der Waals surface area contributed by atoms with Crippen LogP contribution in [0.4, 0.5) is 0 Å². The van der Waals surface area contributed by atoms with Crippen LogP contribution in [0, 0.1) is 0 Å². The molecule has 2 aromatic heterocycles. The third-order valence-electron chi connectivity index (χ3n) is 2.84. The van der Waals surface area contributed by atoms with Gasteiger partial charge in [-0.2, -0.15) is 5.10 Å². The average molecular weight is 215 g/mol. The number of aromatic nitrogens is 4. The number of aromatic amines is 1. The molecule has 5 nitrogen and oxygen atoms in total. The van der Waals surface area contributed by atoms with Crippen molar-refractivity contribution in [1.29, 1.82) is 0 Å². The second-order valence-corrected chi connectivity index (χ2v) is 3.95. The second kappa shape index (κ2) is 4.02. The van der Waals surface area contributed by atoms with Gasteiger partial charge in [-0.1, -0.05) is 6.07 Å². The van der Waals surface area contributed by atoms with Gasteiger partial charge in [-0.05, 0) is 25.1 Å². The molecule has 0 aliphatic carbocycles. The first-order valence-electron chi connectivity index (χ1n) is 5.48. The first-order chi connectivity index (χ1) is 7.93. The fourth-order valence-corrected chi connectivity index (χ4v) is 1.95.